The van der Waals surface area contributed by atoms with Crippen LogP contribution in [-0.4, -0.2) is 33.2 Å². The van der Waals surface area contributed by atoms with Crippen LogP contribution in [0.15, 0.2) is 13.2 Å². The Morgan fingerprint density at radius 3 is 0.419 bits per heavy atom. The first-order chi connectivity index (χ1) is 30.3. The second-order valence-corrected chi connectivity index (χ2v) is 18.3. The van der Waals surface area contributed by atoms with Crippen molar-refractivity contribution in [2.24, 2.45) is 0 Å². The van der Waals surface area contributed by atoms with Gasteiger partial charge in [0, 0.05) is 19.3 Å². The number of unbranched alkanes of at least 4 members (excludes halogenated alkanes) is 42. The molecule has 0 amide bonds. The lowest BCUT2D eigenvalue weighted by molar-refractivity contribution is -0.138. The highest BCUT2D eigenvalue weighted by atomic mass is 16.4. The molecule has 0 saturated carbocycles. The van der Waals surface area contributed by atoms with Crippen LogP contribution in [0.25, 0.3) is 0 Å². The summed E-state index contributed by atoms with van der Waals surface area (Å²) in [6.45, 7) is 12.8. The van der Waals surface area contributed by atoms with E-state index in [1.54, 1.807) is 0 Å². The molecular formula is C56H112O6. The molecule has 0 heterocycles. The van der Waals surface area contributed by atoms with Gasteiger partial charge in [0.2, 0.25) is 0 Å². The molecule has 6 heteroatoms. The molecule has 0 unspecified atom stereocenters. The lowest BCUT2D eigenvalue weighted by Gasteiger charge is -2.03. The Morgan fingerprint density at radius 1 is 0.226 bits per heavy atom. The third-order valence-electron chi connectivity index (χ3n) is 12.0. The predicted molar refractivity (Wildman–Crippen MR) is 273 cm³/mol. The van der Waals surface area contributed by atoms with Crippen LogP contribution in [-0.2, 0) is 14.4 Å². The molecule has 0 atom stereocenters. The lowest BCUT2D eigenvalue weighted by Crippen LogP contribution is -1.93. The Labute approximate surface area is 388 Å². The maximum absolute atomic E-state index is 10.3. The summed E-state index contributed by atoms with van der Waals surface area (Å²) in [5.74, 6) is -1.96. The first kappa shape index (κ1) is 66.7. The fraction of sp³-hybridized carbons (Fsp3) is 0.911. The number of carboxylic acids is 3. The summed E-state index contributed by atoms with van der Waals surface area (Å²) in [6.07, 6.45) is 60.6. The molecule has 0 spiro atoms. The quantitative estimate of drug-likeness (QED) is 0.0415. The van der Waals surface area contributed by atoms with Gasteiger partial charge in [0.15, 0.2) is 0 Å². The van der Waals surface area contributed by atoms with Crippen molar-refractivity contribution < 1.29 is 29.7 Å². The molecule has 0 aromatic carbocycles. The van der Waals surface area contributed by atoms with E-state index < -0.39 is 17.9 Å². The monoisotopic (exact) mass is 881 g/mol. The van der Waals surface area contributed by atoms with Crippen molar-refractivity contribution in [3.8, 4) is 0 Å². The molecule has 3 N–H and O–H groups in total. The number of carboxylic acid groups (broad SMARTS) is 3. The van der Waals surface area contributed by atoms with Crippen LogP contribution in [0.1, 0.15) is 329 Å². The lowest BCUT2D eigenvalue weighted by atomic mass is 10.0. The SMILES string of the molecule is C=C.CCCCCCCCCCCCCCCCCC(=O)O.CCCCCCCCCCCCCCCCCC(=O)O.CCCCCCCCCCCCCCCCCC(=O)O. The fourth-order valence-electron chi connectivity index (χ4n) is 7.94. The molecule has 0 aliphatic rings. The summed E-state index contributed by atoms with van der Waals surface area (Å²) >= 11 is 0. The number of carbonyl (C=O) groups is 3. The normalized spacial score (nSPS) is 10.6. The molecule has 6 nitrogen and oxygen atoms in total. The molecule has 0 aromatic heterocycles. The van der Waals surface area contributed by atoms with E-state index in [1.807, 2.05) is 0 Å². The van der Waals surface area contributed by atoms with Crippen LogP contribution in [0, 0.1) is 0 Å². The minimum absolute atomic E-state index is 0.345. The topological polar surface area (TPSA) is 112 Å². The van der Waals surface area contributed by atoms with Gasteiger partial charge in [-0.2, -0.15) is 0 Å². The minimum atomic E-state index is -0.653. The Balaban J connectivity index is -0.000000398. The third kappa shape index (κ3) is 78.6. The van der Waals surface area contributed by atoms with E-state index in [0.717, 1.165) is 38.5 Å². The van der Waals surface area contributed by atoms with Gasteiger partial charge in [0.05, 0.1) is 0 Å². The molecular weight excluding hydrogens is 769 g/mol. The van der Waals surface area contributed by atoms with Crippen LogP contribution in [0.2, 0.25) is 0 Å². The highest BCUT2D eigenvalue weighted by molar-refractivity contribution is 5.67. The van der Waals surface area contributed by atoms with E-state index in [4.69, 9.17) is 15.3 Å². The molecule has 0 radical (unpaired) electrons. The smallest absolute Gasteiger partial charge is 0.303 e. The van der Waals surface area contributed by atoms with E-state index in [9.17, 15) is 14.4 Å². The van der Waals surface area contributed by atoms with Gasteiger partial charge in [-0.1, -0.05) is 290 Å². The van der Waals surface area contributed by atoms with Gasteiger partial charge in [-0.05, 0) is 19.3 Å². The van der Waals surface area contributed by atoms with Gasteiger partial charge in [-0.25, -0.2) is 0 Å². The zero-order valence-electron chi connectivity index (χ0n) is 42.4. The second kappa shape index (κ2) is 65.8. The summed E-state index contributed by atoms with van der Waals surface area (Å²) < 4.78 is 0. The number of aliphatic carboxylic acids is 3. The predicted octanol–water partition coefficient (Wildman–Crippen LogP) is 19.8. The summed E-state index contributed by atoms with van der Waals surface area (Å²) in [5.41, 5.74) is 0. The number of hydrogen-bond acceptors (Lipinski definition) is 3. The van der Waals surface area contributed by atoms with Crippen LogP contribution < -0.4 is 0 Å². The van der Waals surface area contributed by atoms with Crippen molar-refractivity contribution >= 4 is 17.9 Å². The maximum Gasteiger partial charge on any atom is 0.303 e. The van der Waals surface area contributed by atoms with Gasteiger partial charge in [-0.3, -0.25) is 14.4 Å². The number of rotatable bonds is 48. The molecule has 0 aliphatic heterocycles. The van der Waals surface area contributed by atoms with Crippen molar-refractivity contribution in [2.45, 2.75) is 329 Å². The molecule has 0 fully saturated rings. The Bertz CT molecular complexity index is 725. The highest BCUT2D eigenvalue weighted by Gasteiger charge is 2.00. The zero-order valence-corrected chi connectivity index (χ0v) is 42.4. The average Bonchev–Trinajstić information content (AvgIpc) is 3.26. The van der Waals surface area contributed by atoms with Crippen molar-refractivity contribution in [3.05, 3.63) is 13.2 Å². The first-order valence-corrected chi connectivity index (χ1v) is 27.5. The molecule has 62 heavy (non-hydrogen) atoms. The fourth-order valence-corrected chi connectivity index (χ4v) is 7.94. The van der Waals surface area contributed by atoms with E-state index in [2.05, 4.69) is 33.9 Å². The Kier molecular flexibility index (Phi) is 70.8. The molecule has 0 rings (SSSR count). The largest absolute Gasteiger partial charge is 0.481 e. The Morgan fingerprint density at radius 2 is 0.323 bits per heavy atom. The van der Waals surface area contributed by atoms with Crippen LogP contribution in [0.3, 0.4) is 0 Å². The Hall–Kier alpha value is -1.85. The van der Waals surface area contributed by atoms with Gasteiger partial charge in [0.1, 0.15) is 0 Å². The van der Waals surface area contributed by atoms with E-state index in [0.29, 0.717) is 19.3 Å². The summed E-state index contributed by atoms with van der Waals surface area (Å²) in [4.78, 5) is 31.0. The van der Waals surface area contributed by atoms with Gasteiger partial charge in [0.25, 0.3) is 0 Å². The number of hydrogen-bond donors (Lipinski definition) is 3. The van der Waals surface area contributed by atoms with E-state index in [1.165, 1.54) is 250 Å². The molecule has 0 aliphatic carbocycles. The summed E-state index contributed by atoms with van der Waals surface area (Å²) in [7, 11) is 0. The molecule has 0 aromatic rings. The minimum Gasteiger partial charge on any atom is -0.481 e. The van der Waals surface area contributed by atoms with Crippen molar-refractivity contribution in [1.82, 2.24) is 0 Å². The van der Waals surface area contributed by atoms with Crippen LogP contribution >= 0.6 is 0 Å². The van der Waals surface area contributed by atoms with Crippen molar-refractivity contribution in [3.63, 3.8) is 0 Å². The van der Waals surface area contributed by atoms with E-state index in [-0.39, 0.29) is 0 Å². The molecule has 372 valence electrons. The molecule has 0 bridgehead atoms. The maximum atomic E-state index is 10.3. The van der Waals surface area contributed by atoms with Crippen LogP contribution in [0.5, 0.6) is 0 Å². The van der Waals surface area contributed by atoms with Gasteiger partial charge < -0.3 is 15.3 Å². The summed E-state index contributed by atoms with van der Waals surface area (Å²) in [5, 5.41) is 25.6. The average molecular weight is 882 g/mol. The van der Waals surface area contributed by atoms with Gasteiger partial charge in [-0.15, -0.1) is 13.2 Å². The first-order valence-electron chi connectivity index (χ1n) is 27.5. The third-order valence-corrected chi connectivity index (χ3v) is 12.0. The van der Waals surface area contributed by atoms with Crippen LogP contribution in [0.4, 0.5) is 0 Å². The second-order valence-electron chi connectivity index (χ2n) is 18.3. The summed E-state index contributed by atoms with van der Waals surface area (Å²) in [6, 6.07) is 0. The highest BCUT2D eigenvalue weighted by Crippen LogP contribution is 2.16. The van der Waals surface area contributed by atoms with Crippen molar-refractivity contribution in [2.75, 3.05) is 0 Å². The zero-order chi connectivity index (χ0) is 46.7. The van der Waals surface area contributed by atoms with E-state index >= 15 is 0 Å². The van der Waals surface area contributed by atoms with Crippen molar-refractivity contribution in [1.29, 1.82) is 0 Å². The standard InChI is InChI=1S/3C18H36O2.C2H4/c3*1-2-3-4-5-6-7-8-9-10-11-12-13-14-15-16-17-18(19)20;1-2/h3*2-17H2,1H3,(H,19,20);1-2H2. The molecule has 0 saturated heterocycles. The van der Waals surface area contributed by atoms with Gasteiger partial charge >= 0.3 is 17.9 Å².